The van der Waals surface area contributed by atoms with Crippen molar-refractivity contribution in [3.63, 3.8) is 0 Å². The number of thiazole rings is 1. The highest BCUT2D eigenvalue weighted by atomic mass is 35.5. The molecule has 0 aliphatic heterocycles. The number of ether oxygens (including phenoxy) is 1. The molecule has 6 nitrogen and oxygen atoms in total. The molecule has 8 heteroatoms. The summed E-state index contributed by atoms with van der Waals surface area (Å²) in [6.45, 7) is 3.54. The first-order valence-electron chi connectivity index (χ1n) is 7.73. The van der Waals surface area contributed by atoms with E-state index < -0.39 is 18.5 Å². The predicted octanol–water partition coefficient (Wildman–Crippen LogP) is 3.94. The van der Waals surface area contributed by atoms with E-state index >= 15 is 0 Å². The van der Waals surface area contributed by atoms with Gasteiger partial charge in [0.05, 0.1) is 15.8 Å². The Hall–Kier alpha value is -2.64. The number of carbonyl (C=O) groups excluding carboxylic acids is 2. The normalized spacial score (nSPS) is 10.7. The molecule has 0 aliphatic rings. The van der Waals surface area contributed by atoms with E-state index in [-0.39, 0.29) is 11.3 Å². The van der Waals surface area contributed by atoms with Crippen molar-refractivity contribution in [2.45, 2.75) is 13.8 Å². The number of nitrogen functional groups attached to an aromatic ring is 1. The minimum Gasteiger partial charge on any atom is -0.452 e. The third-order valence-electron chi connectivity index (χ3n) is 3.64. The van der Waals surface area contributed by atoms with Gasteiger partial charge in [0.1, 0.15) is 0 Å². The zero-order valence-electron chi connectivity index (χ0n) is 14.1. The predicted molar refractivity (Wildman–Crippen MR) is 104 cm³/mol. The summed E-state index contributed by atoms with van der Waals surface area (Å²) >= 11 is 7.16. The summed E-state index contributed by atoms with van der Waals surface area (Å²) in [5.74, 6) is -1.16. The number of aryl methyl sites for hydroxylation is 2. The van der Waals surface area contributed by atoms with E-state index in [0.29, 0.717) is 10.2 Å². The van der Waals surface area contributed by atoms with Gasteiger partial charge in [-0.05, 0) is 49.2 Å². The molecule has 0 fully saturated rings. The number of hydrogen-bond acceptors (Lipinski definition) is 6. The van der Waals surface area contributed by atoms with Gasteiger partial charge in [0.25, 0.3) is 5.91 Å². The monoisotopic (exact) mass is 389 g/mol. The maximum Gasteiger partial charge on any atom is 0.340 e. The molecule has 134 valence electrons. The van der Waals surface area contributed by atoms with Crippen LogP contribution in [0.1, 0.15) is 21.5 Å². The highest BCUT2D eigenvalue weighted by molar-refractivity contribution is 7.22. The summed E-state index contributed by atoms with van der Waals surface area (Å²) in [5.41, 5.74) is 9.10. The lowest BCUT2D eigenvalue weighted by atomic mass is 10.1. The largest absolute Gasteiger partial charge is 0.452 e. The fourth-order valence-corrected chi connectivity index (χ4v) is 3.75. The first-order chi connectivity index (χ1) is 12.3. The van der Waals surface area contributed by atoms with Crippen LogP contribution in [0.4, 0.5) is 10.8 Å². The van der Waals surface area contributed by atoms with Crippen molar-refractivity contribution in [2.75, 3.05) is 17.7 Å². The molecule has 3 rings (SSSR count). The van der Waals surface area contributed by atoms with Crippen LogP contribution in [0.25, 0.3) is 10.2 Å². The summed E-state index contributed by atoms with van der Waals surface area (Å²) in [6, 6.07) is 8.48. The molecule has 2 aromatic carbocycles. The van der Waals surface area contributed by atoms with Gasteiger partial charge in [-0.2, -0.15) is 0 Å². The van der Waals surface area contributed by atoms with E-state index in [0.717, 1.165) is 21.3 Å². The Balaban J connectivity index is 1.64. The molecule has 0 bridgehead atoms. The van der Waals surface area contributed by atoms with Crippen LogP contribution in [0.5, 0.6) is 0 Å². The van der Waals surface area contributed by atoms with Gasteiger partial charge in [0.2, 0.25) is 0 Å². The molecule has 0 aliphatic carbocycles. The lowest BCUT2D eigenvalue weighted by molar-refractivity contribution is -0.119. The van der Waals surface area contributed by atoms with E-state index in [2.05, 4.69) is 10.3 Å². The summed E-state index contributed by atoms with van der Waals surface area (Å²) in [7, 11) is 0. The van der Waals surface area contributed by atoms with Gasteiger partial charge in [-0.15, -0.1) is 0 Å². The Morgan fingerprint density at radius 2 is 2.04 bits per heavy atom. The number of esters is 1. The van der Waals surface area contributed by atoms with Crippen molar-refractivity contribution in [2.24, 2.45) is 0 Å². The van der Waals surface area contributed by atoms with E-state index in [4.69, 9.17) is 22.1 Å². The van der Waals surface area contributed by atoms with Crippen LogP contribution in [-0.4, -0.2) is 23.5 Å². The number of aromatic nitrogens is 1. The second kappa shape index (κ2) is 7.31. The summed E-state index contributed by atoms with van der Waals surface area (Å²) in [4.78, 5) is 28.5. The summed E-state index contributed by atoms with van der Waals surface area (Å²) in [6.07, 6.45) is 0. The third kappa shape index (κ3) is 3.95. The first-order valence-corrected chi connectivity index (χ1v) is 8.92. The van der Waals surface area contributed by atoms with E-state index in [1.807, 2.05) is 26.0 Å². The molecule has 3 aromatic rings. The number of nitrogens with zero attached hydrogens (tertiary/aromatic N) is 1. The second-order valence-electron chi connectivity index (χ2n) is 5.80. The molecular weight excluding hydrogens is 374 g/mol. The molecule has 1 heterocycles. The van der Waals surface area contributed by atoms with Gasteiger partial charge < -0.3 is 10.5 Å². The average molecular weight is 390 g/mol. The van der Waals surface area contributed by atoms with Crippen molar-refractivity contribution in [3.8, 4) is 0 Å². The van der Waals surface area contributed by atoms with Crippen molar-refractivity contribution >= 4 is 55.8 Å². The molecule has 1 amide bonds. The molecule has 0 atom stereocenters. The molecule has 0 saturated heterocycles. The Labute approximate surface area is 158 Å². The SMILES string of the molecule is Cc1cc(C)c2nc(NC(=O)COC(=O)c3ccc(Cl)cc3N)sc2c1. The van der Waals surface area contributed by atoms with Crippen LogP contribution in [0.3, 0.4) is 0 Å². The molecule has 0 radical (unpaired) electrons. The number of anilines is 2. The summed E-state index contributed by atoms with van der Waals surface area (Å²) < 4.78 is 5.99. The van der Waals surface area contributed by atoms with Crippen molar-refractivity contribution in [1.82, 2.24) is 4.98 Å². The number of nitrogens with two attached hydrogens (primary N) is 1. The highest BCUT2D eigenvalue weighted by Gasteiger charge is 2.15. The minimum atomic E-state index is -0.690. The smallest absolute Gasteiger partial charge is 0.340 e. The van der Waals surface area contributed by atoms with E-state index in [9.17, 15) is 9.59 Å². The number of benzene rings is 2. The topological polar surface area (TPSA) is 94.3 Å². The van der Waals surface area contributed by atoms with Gasteiger partial charge >= 0.3 is 5.97 Å². The van der Waals surface area contributed by atoms with Crippen LogP contribution in [0.2, 0.25) is 5.02 Å². The molecule has 3 N–H and O–H groups in total. The van der Waals surface area contributed by atoms with Gasteiger partial charge in [-0.1, -0.05) is 29.0 Å². The van der Waals surface area contributed by atoms with Crippen LogP contribution < -0.4 is 11.1 Å². The molecule has 0 saturated carbocycles. The summed E-state index contributed by atoms with van der Waals surface area (Å²) in [5, 5.41) is 3.52. The Bertz CT molecular complexity index is 1020. The highest BCUT2D eigenvalue weighted by Crippen LogP contribution is 2.29. The van der Waals surface area contributed by atoms with Crippen molar-refractivity contribution in [1.29, 1.82) is 0 Å². The zero-order valence-corrected chi connectivity index (χ0v) is 15.7. The van der Waals surface area contributed by atoms with Gasteiger partial charge in [0, 0.05) is 10.7 Å². The maximum absolute atomic E-state index is 12.0. The molecule has 1 aromatic heterocycles. The fraction of sp³-hybridized carbons (Fsp3) is 0.167. The molecule has 26 heavy (non-hydrogen) atoms. The zero-order chi connectivity index (χ0) is 18.8. The van der Waals surface area contributed by atoms with Crippen LogP contribution in [0, 0.1) is 13.8 Å². The Kier molecular flexibility index (Phi) is 5.11. The van der Waals surface area contributed by atoms with Crippen LogP contribution in [0.15, 0.2) is 30.3 Å². The minimum absolute atomic E-state index is 0.160. The van der Waals surface area contributed by atoms with Crippen molar-refractivity contribution < 1.29 is 14.3 Å². The lowest BCUT2D eigenvalue weighted by Crippen LogP contribution is -2.21. The molecular formula is C18H16ClN3O3S. The van der Waals surface area contributed by atoms with Crippen molar-refractivity contribution in [3.05, 3.63) is 52.0 Å². The molecule has 0 spiro atoms. The van der Waals surface area contributed by atoms with Gasteiger partial charge in [0.15, 0.2) is 11.7 Å². The fourth-order valence-electron chi connectivity index (χ4n) is 2.51. The van der Waals surface area contributed by atoms with Gasteiger partial charge in [-0.3, -0.25) is 10.1 Å². The van der Waals surface area contributed by atoms with E-state index in [1.54, 1.807) is 0 Å². The van der Waals surface area contributed by atoms with Crippen LogP contribution in [-0.2, 0) is 9.53 Å². The number of rotatable bonds is 4. The average Bonchev–Trinajstić information content (AvgIpc) is 2.95. The number of nitrogens with one attached hydrogen (secondary N) is 1. The molecule has 0 unspecified atom stereocenters. The quantitative estimate of drug-likeness (QED) is 0.520. The van der Waals surface area contributed by atoms with Gasteiger partial charge in [-0.25, -0.2) is 9.78 Å². The Morgan fingerprint density at radius 3 is 2.77 bits per heavy atom. The Morgan fingerprint density at radius 1 is 1.27 bits per heavy atom. The first kappa shape index (κ1) is 18.2. The number of halogens is 1. The number of fused-ring (bicyclic) bond motifs is 1. The maximum atomic E-state index is 12.0. The standard InChI is InChI=1S/C18H16ClN3O3S/c1-9-5-10(2)16-14(6-9)26-18(22-16)21-15(23)8-25-17(24)12-4-3-11(19)7-13(12)20/h3-7H,8,20H2,1-2H3,(H,21,22,23). The number of hydrogen-bond donors (Lipinski definition) is 2. The third-order valence-corrected chi connectivity index (χ3v) is 4.80. The second-order valence-corrected chi connectivity index (χ2v) is 7.27. The van der Waals surface area contributed by atoms with E-state index in [1.165, 1.54) is 29.5 Å². The number of amides is 1. The number of carbonyl (C=O) groups is 2. The lowest BCUT2D eigenvalue weighted by Gasteiger charge is -2.07. The van der Waals surface area contributed by atoms with Crippen LogP contribution >= 0.6 is 22.9 Å².